The van der Waals surface area contributed by atoms with Crippen molar-refractivity contribution in [2.45, 2.75) is 33.7 Å². The van der Waals surface area contributed by atoms with E-state index in [0.717, 1.165) is 18.5 Å². The van der Waals surface area contributed by atoms with Crippen LogP contribution >= 0.6 is 8.38 Å². The van der Waals surface area contributed by atoms with Crippen molar-refractivity contribution in [2.75, 3.05) is 26.2 Å². The molecule has 0 saturated carbocycles. The van der Waals surface area contributed by atoms with Gasteiger partial charge in [-0.15, -0.1) is 0 Å². The molecule has 1 N–H and O–H groups in total. The van der Waals surface area contributed by atoms with Crippen molar-refractivity contribution in [1.29, 1.82) is 0 Å². The molecule has 0 radical (unpaired) electrons. The minimum absolute atomic E-state index is 0.334. The Hall–Kier alpha value is -1.13. The summed E-state index contributed by atoms with van der Waals surface area (Å²) in [6, 6.07) is 2.11. The van der Waals surface area contributed by atoms with Gasteiger partial charge < -0.3 is 23.5 Å². The van der Waals surface area contributed by atoms with Crippen LogP contribution in [0.4, 0.5) is 0 Å². The predicted molar refractivity (Wildman–Crippen MR) is 93.5 cm³/mol. The van der Waals surface area contributed by atoms with Crippen LogP contribution in [0.2, 0.25) is 0 Å². The first-order valence-corrected chi connectivity index (χ1v) is 9.38. The molecule has 1 aliphatic rings. The molecule has 0 unspecified atom stereocenters. The third-order valence-corrected chi connectivity index (χ3v) is 5.02. The molecule has 0 aliphatic heterocycles. The normalized spacial score (nSPS) is 14.4. The molecule has 1 aromatic heterocycles. The summed E-state index contributed by atoms with van der Waals surface area (Å²) in [5.74, 6) is 0.334. The van der Waals surface area contributed by atoms with Gasteiger partial charge in [0.05, 0.1) is 19.8 Å². The molecular weight excluding hydrogens is 313 g/mol. The molecule has 5 nitrogen and oxygen atoms in total. The quantitative estimate of drug-likeness (QED) is 0.540. The van der Waals surface area contributed by atoms with Crippen LogP contribution in [0.5, 0.6) is 0 Å². The Morgan fingerprint density at radius 3 is 2.70 bits per heavy atom. The number of aliphatic hydroxyl groups is 1. The van der Waals surface area contributed by atoms with E-state index in [0.29, 0.717) is 31.9 Å². The lowest BCUT2D eigenvalue weighted by Crippen LogP contribution is -2.09. The fourth-order valence-corrected chi connectivity index (χ4v) is 3.69. The number of aromatic nitrogens is 1. The highest BCUT2D eigenvalue weighted by Gasteiger charge is 2.14. The first-order chi connectivity index (χ1) is 11.2. The average Bonchev–Trinajstić information content (AvgIpc) is 2.86. The minimum Gasteiger partial charge on any atom is -0.508 e. The summed E-state index contributed by atoms with van der Waals surface area (Å²) in [5, 5.41) is 9.74. The van der Waals surface area contributed by atoms with Crippen LogP contribution < -0.4 is 0 Å². The maximum Gasteiger partial charge on any atom is 0.198 e. The van der Waals surface area contributed by atoms with Gasteiger partial charge in [-0.05, 0) is 56.5 Å². The molecule has 0 amide bonds. The highest BCUT2D eigenvalue weighted by atomic mass is 31.2. The van der Waals surface area contributed by atoms with Crippen molar-refractivity contribution in [3.63, 3.8) is 0 Å². The molecule has 1 heterocycles. The molecule has 0 fully saturated rings. The molecule has 0 atom stereocenters. The van der Waals surface area contributed by atoms with Crippen LogP contribution in [0.25, 0.3) is 5.57 Å². The zero-order valence-electron chi connectivity index (χ0n) is 14.1. The Morgan fingerprint density at radius 1 is 1.26 bits per heavy atom. The number of fused-ring (bicyclic) bond motifs is 1. The van der Waals surface area contributed by atoms with E-state index in [9.17, 15) is 5.11 Å². The lowest BCUT2D eigenvalue weighted by molar-refractivity contribution is 0.144. The summed E-state index contributed by atoms with van der Waals surface area (Å²) in [6.07, 6.45) is 6.98. The molecule has 0 aromatic carbocycles. The molecule has 0 spiro atoms. The Labute approximate surface area is 139 Å². The van der Waals surface area contributed by atoms with Crippen LogP contribution in [-0.4, -0.2) is 35.8 Å². The van der Waals surface area contributed by atoms with Crippen molar-refractivity contribution in [3.05, 3.63) is 41.4 Å². The van der Waals surface area contributed by atoms with Gasteiger partial charge in [-0.2, -0.15) is 0 Å². The Balaban J connectivity index is 1.88. The first kappa shape index (κ1) is 18.2. The van der Waals surface area contributed by atoms with Crippen LogP contribution in [0, 0.1) is 0 Å². The highest BCUT2D eigenvalue weighted by Crippen LogP contribution is 2.37. The van der Waals surface area contributed by atoms with Gasteiger partial charge in [0.2, 0.25) is 0 Å². The Kier molecular flexibility index (Phi) is 7.31. The largest absolute Gasteiger partial charge is 0.508 e. The second-order valence-corrected chi connectivity index (χ2v) is 6.69. The van der Waals surface area contributed by atoms with E-state index < -0.39 is 8.38 Å². The number of ether oxygens (including phenoxy) is 1. The highest BCUT2D eigenvalue weighted by molar-refractivity contribution is 7.47. The number of allylic oxidation sites excluding steroid dienone is 3. The minimum atomic E-state index is -0.943. The van der Waals surface area contributed by atoms with Gasteiger partial charge in [-0.25, -0.2) is 0 Å². The van der Waals surface area contributed by atoms with E-state index in [1.165, 1.54) is 11.3 Å². The molecular formula is C17H26NO4P. The van der Waals surface area contributed by atoms with E-state index >= 15 is 0 Å². The number of rotatable bonds is 9. The Bertz CT molecular complexity index is 559. The number of hydrogen-bond donors (Lipinski definition) is 1. The van der Waals surface area contributed by atoms with Crippen molar-refractivity contribution in [1.82, 2.24) is 4.57 Å². The Morgan fingerprint density at radius 2 is 2.00 bits per heavy atom. The molecule has 2 rings (SSSR count). The zero-order chi connectivity index (χ0) is 16.7. The molecule has 0 bridgehead atoms. The summed E-state index contributed by atoms with van der Waals surface area (Å²) in [7, 11) is -0.943. The third-order valence-electron chi connectivity index (χ3n) is 3.54. The van der Waals surface area contributed by atoms with E-state index in [-0.39, 0.29) is 0 Å². The second kappa shape index (κ2) is 9.24. The molecule has 1 aliphatic carbocycles. The van der Waals surface area contributed by atoms with Gasteiger partial charge in [-0.3, -0.25) is 0 Å². The van der Waals surface area contributed by atoms with Gasteiger partial charge in [0.1, 0.15) is 12.1 Å². The predicted octanol–water partition coefficient (Wildman–Crippen LogP) is 4.25. The second-order valence-electron chi connectivity index (χ2n) is 5.25. The number of nitrogens with zero attached hydrogens (tertiary/aromatic N) is 1. The van der Waals surface area contributed by atoms with E-state index in [1.54, 1.807) is 0 Å². The molecule has 6 heteroatoms. The van der Waals surface area contributed by atoms with E-state index in [1.807, 2.05) is 32.9 Å². The van der Waals surface area contributed by atoms with Crippen molar-refractivity contribution < 1.29 is 18.9 Å². The topological polar surface area (TPSA) is 52.9 Å². The van der Waals surface area contributed by atoms with Crippen molar-refractivity contribution in [2.24, 2.45) is 0 Å². The van der Waals surface area contributed by atoms with Gasteiger partial charge in [0, 0.05) is 18.4 Å². The number of hydrogen-bond acceptors (Lipinski definition) is 4. The fraction of sp³-hybridized carbons (Fsp3) is 0.529. The lowest BCUT2D eigenvalue weighted by Gasteiger charge is -2.16. The van der Waals surface area contributed by atoms with Crippen LogP contribution in [0.1, 0.15) is 32.0 Å². The van der Waals surface area contributed by atoms with E-state index in [4.69, 9.17) is 13.8 Å². The zero-order valence-corrected chi connectivity index (χ0v) is 15.0. The monoisotopic (exact) mass is 339 g/mol. The molecule has 23 heavy (non-hydrogen) atoms. The summed E-state index contributed by atoms with van der Waals surface area (Å²) >= 11 is 0. The lowest BCUT2D eigenvalue weighted by atomic mass is 10.1. The summed E-state index contributed by atoms with van der Waals surface area (Å²) in [4.78, 5) is 0. The average molecular weight is 339 g/mol. The summed E-state index contributed by atoms with van der Waals surface area (Å²) in [5.41, 5.74) is 3.47. The van der Waals surface area contributed by atoms with Crippen LogP contribution in [0.3, 0.4) is 0 Å². The molecule has 128 valence electrons. The standard InChI is InChI=1S/C17H26NO4P/c1-4-21-23(22-5-2)13-20-11-10-18-9-8-15-6-7-16(19)12-14(3)17(15)18/h7-9,12,19H,4-6,10-11,13H2,1-3H3. The van der Waals surface area contributed by atoms with E-state index in [2.05, 4.69) is 16.8 Å². The van der Waals surface area contributed by atoms with Crippen LogP contribution in [-0.2, 0) is 26.7 Å². The van der Waals surface area contributed by atoms with Gasteiger partial charge in [-0.1, -0.05) is 0 Å². The fourth-order valence-electron chi connectivity index (χ4n) is 2.61. The van der Waals surface area contributed by atoms with Gasteiger partial charge >= 0.3 is 0 Å². The SMILES string of the molecule is CCOP(COCCn1ccc2c1C(C)=CC(O)=CC2)OCC. The molecule has 1 aromatic rings. The summed E-state index contributed by atoms with van der Waals surface area (Å²) < 4.78 is 19.0. The maximum absolute atomic E-state index is 9.74. The van der Waals surface area contributed by atoms with Crippen LogP contribution in [0.15, 0.2) is 30.2 Å². The molecule has 0 saturated heterocycles. The van der Waals surface area contributed by atoms with Gasteiger partial charge in [0.25, 0.3) is 0 Å². The smallest absolute Gasteiger partial charge is 0.198 e. The maximum atomic E-state index is 9.74. The van der Waals surface area contributed by atoms with Gasteiger partial charge in [0.15, 0.2) is 8.38 Å². The van der Waals surface area contributed by atoms with Crippen molar-refractivity contribution in [3.8, 4) is 0 Å². The third kappa shape index (κ3) is 5.18. The number of aliphatic hydroxyl groups excluding tert-OH is 1. The summed E-state index contributed by atoms with van der Waals surface area (Å²) in [6.45, 7) is 8.59. The first-order valence-electron chi connectivity index (χ1n) is 8.02. The van der Waals surface area contributed by atoms with Crippen molar-refractivity contribution >= 4 is 13.9 Å².